The van der Waals surface area contributed by atoms with E-state index in [0.29, 0.717) is 5.92 Å². The molecule has 0 amide bonds. The standard InChI is InChI=1S/C12H16/c1-3-8-11(4-2)12-9-6-5-7-10-12/h5-6,10-11H,3-4,8H2,1-2H3. The molecule has 1 rings (SSSR count). The molecule has 1 aromatic rings. The van der Waals surface area contributed by atoms with Gasteiger partial charge in [0.1, 0.15) is 0 Å². The Labute approximate surface area is 75.6 Å². The maximum absolute atomic E-state index is 3.27. The minimum Gasteiger partial charge on any atom is -0.0654 e. The van der Waals surface area contributed by atoms with Crippen LogP contribution in [0.5, 0.6) is 0 Å². The van der Waals surface area contributed by atoms with Crippen LogP contribution in [-0.2, 0) is 0 Å². The summed E-state index contributed by atoms with van der Waals surface area (Å²) < 4.78 is 0. The molecule has 2 radical (unpaired) electrons. The lowest BCUT2D eigenvalue weighted by atomic mass is 9.92. The van der Waals surface area contributed by atoms with Gasteiger partial charge in [-0.05, 0) is 36.5 Å². The van der Waals surface area contributed by atoms with Gasteiger partial charge in [-0.1, -0.05) is 38.5 Å². The van der Waals surface area contributed by atoms with Gasteiger partial charge in [0.05, 0.1) is 0 Å². The predicted octanol–water partition coefficient (Wildman–Crippen LogP) is 3.58. The van der Waals surface area contributed by atoms with Crippen molar-refractivity contribution in [1.82, 2.24) is 0 Å². The molecule has 12 heavy (non-hydrogen) atoms. The zero-order valence-electron chi connectivity index (χ0n) is 7.93. The van der Waals surface area contributed by atoms with Gasteiger partial charge in [0.25, 0.3) is 0 Å². The highest BCUT2D eigenvalue weighted by Crippen LogP contribution is 2.23. The molecule has 0 saturated carbocycles. The predicted molar refractivity (Wildman–Crippen MR) is 52.1 cm³/mol. The van der Waals surface area contributed by atoms with Gasteiger partial charge in [-0.25, -0.2) is 0 Å². The largest absolute Gasteiger partial charge is 0.0654 e. The van der Waals surface area contributed by atoms with Crippen molar-refractivity contribution in [3.63, 3.8) is 0 Å². The Kier molecular flexibility index (Phi) is 3.86. The summed E-state index contributed by atoms with van der Waals surface area (Å²) in [6.45, 7) is 4.47. The SMILES string of the molecule is CCCC(CC)c1[c]cc[c]c1. The molecule has 0 aliphatic rings. The monoisotopic (exact) mass is 160 g/mol. The molecular formula is C12H16. The third-order valence-corrected chi connectivity index (χ3v) is 2.24. The third kappa shape index (κ3) is 2.37. The Bertz CT molecular complexity index is 201. The highest BCUT2D eigenvalue weighted by atomic mass is 14.1. The average molecular weight is 160 g/mol. The third-order valence-electron chi connectivity index (χ3n) is 2.24. The average Bonchev–Trinajstić information content (AvgIpc) is 2.15. The highest BCUT2D eigenvalue weighted by Gasteiger charge is 2.06. The fourth-order valence-corrected chi connectivity index (χ4v) is 1.53. The summed E-state index contributed by atoms with van der Waals surface area (Å²) in [5, 5.41) is 0. The Morgan fingerprint density at radius 2 is 2.17 bits per heavy atom. The van der Waals surface area contributed by atoms with Crippen molar-refractivity contribution in [3.05, 3.63) is 35.9 Å². The minimum atomic E-state index is 0.687. The Morgan fingerprint density at radius 1 is 1.33 bits per heavy atom. The molecule has 0 bridgehead atoms. The number of hydrogen-bond acceptors (Lipinski definition) is 0. The van der Waals surface area contributed by atoms with Crippen molar-refractivity contribution in [2.75, 3.05) is 0 Å². The zero-order chi connectivity index (χ0) is 8.81. The molecule has 1 unspecified atom stereocenters. The molecule has 0 aliphatic heterocycles. The molecular weight excluding hydrogens is 144 g/mol. The summed E-state index contributed by atoms with van der Waals surface area (Å²) in [7, 11) is 0. The van der Waals surface area contributed by atoms with Crippen LogP contribution in [0.1, 0.15) is 44.6 Å². The summed E-state index contributed by atoms with van der Waals surface area (Å²) in [5.74, 6) is 0.687. The van der Waals surface area contributed by atoms with Crippen LogP contribution < -0.4 is 0 Å². The van der Waals surface area contributed by atoms with Crippen molar-refractivity contribution < 1.29 is 0 Å². The molecule has 0 saturated heterocycles. The minimum absolute atomic E-state index is 0.687. The van der Waals surface area contributed by atoms with E-state index in [-0.39, 0.29) is 0 Å². The summed E-state index contributed by atoms with van der Waals surface area (Å²) in [6.07, 6.45) is 3.73. The van der Waals surface area contributed by atoms with Crippen molar-refractivity contribution in [2.24, 2.45) is 0 Å². The zero-order valence-corrected chi connectivity index (χ0v) is 7.93. The summed E-state index contributed by atoms with van der Waals surface area (Å²) in [4.78, 5) is 0. The van der Waals surface area contributed by atoms with E-state index in [4.69, 9.17) is 0 Å². The van der Waals surface area contributed by atoms with Gasteiger partial charge in [-0.2, -0.15) is 0 Å². The summed E-state index contributed by atoms with van der Waals surface area (Å²) >= 11 is 0. The molecule has 0 aromatic heterocycles. The van der Waals surface area contributed by atoms with E-state index < -0.39 is 0 Å². The molecule has 0 N–H and O–H groups in total. The lowest BCUT2D eigenvalue weighted by molar-refractivity contribution is 0.595. The fraction of sp³-hybridized carbons (Fsp3) is 0.500. The van der Waals surface area contributed by atoms with E-state index >= 15 is 0 Å². The van der Waals surface area contributed by atoms with Gasteiger partial charge in [0.15, 0.2) is 0 Å². The van der Waals surface area contributed by atoms with E-state index in [2.05, 4.69) is 32.0 Å². The number of rotatable bonds is 4. The molecule has 0 heteroatoms. The second-order valence-corrected chi connectivity index (χ2v) is 3.14. The van der Waals surface area contributed by atoms with Crippen LogP contribution in [0, 0.1) is 12.1 Å². The molecule has 1 aromatic carbocycles. The van der Waals surface area contributed by atoms with Crippen molar-refractivity contribution in [1.29, 1.82) is 0 Å². The molecule has 0 heterocycles. The Hall–Kier alpha value is -0.780. The Balaban J connectivity index is 2.66. The van der Waals surface area contributed by atoms with Gasteiger partial charge >= 0.3 is 0 Å². The molecule has 0 fully saturated rings. The quantitative estimate of drug-likeness (QED) is 0.631. The number of hydrogen-bond donors (Lipinski definition) is 0. The lowest BCUT2D eigenvalue weighted by Crippen LogP contribution is -1.96. The van der Waals surface area contributed by atoms with Crippen LogP contribution in [0.3, 0.4) is 0 Å². The summed E-state index contributed by atoms with van der Waals surface area (Å²) in [6, 6.07) is 12.3. The maximum Gasteiger partial charge on any atom is -0.0146 e. The van der Waals surface area contributed by atoms with Crippen LogP contribution >= 0.6 is 0 Å². The van der Waals surface area contributed by atoms with E-state index in [1.165, 1.54) is 24.8 Å². The van der Waals surface area contributed by atoms with E-state index in [0.717, 1.165) is 0 Å². The lowest BCUT2D eigenvalue weighted by Gasteiger charge is -2.12. The van der Waals surface area contributed by atoms with Crippen LogP contribution in [-0.4, -0.2) is 0 Å². The fourth-order valence-electron chi connectivity index (χ4n) is 1.53. The second-order valence-electron chi connectivity index (χ2n) is 3.14. The first kappa shape index (κ1) is 9.31. The molecule has 64 valence electrons. The van der Waals surface area contributed by atoms with Crippen LogP contribution in [0.15, 0.2) is 18.2 Å². The van der Waals surface area contributed by atoms with Crippen LogP contribution in [0.2, 0.25) is 0 Å². The first-order chi connectivity index (χ1) is 5.88. The van der Waals surface area contributed by atoms with Gasteiger partial charge in [0.2, 0.25) is 0 Å². The second kappa shape index (κ2) is 4.97. The van der Waals surface area contributed by atoms with Crippen molar-refractivity contribution >= 4 is 0 Å². The van der Waals surface area contributed by atoms with Crippen molar-refractivity contribution in [2.45, 2.75) is 39.0 Å². The smallest absolute Gasteiger partial charge is 0.0146 e. The Morgan fingerprint density at radius 3 is 2.67 bits per heavy atom. The first-order valence-electron chi connectivity index (χ1n) is 4.76. The van der Waals surface area contributed by atoms with E-state index in [9.17, 15) is 0 Å². The maximum atomic E-state index is 3.27. The molecule has 1 atom stereocenters. The van der Waals surface area contributed by atoms with E-state index in [1.54, 1.807) is 0 Å². The van der Waals surface area contributed by atoms with E-state index in [1.807, 2.05) is 12.1 Å². The van der Waals surface area contributed by atoms with Gasteiger partial charge < -0.3 is 0 Å². The topological polar surface area (TPSA) is 0 Å². The molecule has 0 spiro atoms. The van der Waals surface area contributed by atoms with Gasteiger partial charge in [-0.15, -0.1) is 0 Å². The van der Waals surface area contributed by atoms with Crippen LogP contribution in [0.4, 0.5) is 0 Å². The van der Waals surface area contributed by atoms with Gasteiger partial charge in [0, 0.05) is 0 Å². The summed E-state index contributed by atoms with van der Waals surface area (Å²) in [5.41, 5.74) is 1.32. The number of benzene rings is 1. The first-order valence-corrected chi connectivity index (χ1v) is 4.76. The highest BCUT2D eigenvalue weighted by molar-refractivity contribution is 5.16. The molecule has 0 nitrogen and oxygen atoms in total. The normalized spacial score (nSPS) is 12.8. The van der Waals surface area contributed by atoms with Crippen molar-refractivity contribution in [3.8, 4) is 0 Å². The van der Waals surface area contributed by atoms with Crippen LogP contribution in [0.25, 0.3) is 0 Å². The molecule has 0 aliphatic carbocycles. The van der Waals surface area contributed by atoms with Gasteiger partial charge in [-0.3, -0.25) is 0 Å².